The Labute approximate surface area is 172 Å². The monoisotopic (exact) mass is 455 g/mol. The summed E-state index contributed by atoms with van der Waals surface area (Å²) in [6, 6.07) is 18.2. The fourth-order valence-corrected chi connectivity index (χ4v) is 3.41. The van der Waals surface area contributed by atoms with Gasteiger partial charge in [0.1, 0.15) is 5.76 Å². The van der Waals surface area contributed by atoms with Crippen molar-refractivity contribution in [3.63, 3.8) is 0 Å². The van der Waals surface area contributed by atoms with Crippen molar-refractivity contribution in [2.24, 2.45) is 5.10 Å². The number of furan rings is 1. The first-order valence-corrected chi connectivity index (χ1v) is 9.85. The van der Waals surface area contributed by atoms with Crippen molar-refractivity contribution in [1.82, 2.24) is 15.4 Å². The number of amides is 2. The van der Waals surface area contributed by atoms with Gasteiger partial charge >= 0.3 is 6.03 Å². The standard InChI is InChI=1S/C19H14BrN5O2S/c20-12-5-7-13(8-6-12)22-18(26)25-21-11-14-9-10-17(27-14)28-19-23-15-3-1-2-4-16(15)24-19/h1-11H,(H,23,24)(H2,22,25,26)/b21-11+. The second-order valence-corrected chi connectivity index (χ2v) is 7.56. The van der Waals surface area contributed by atoms with Crippen LogP contribution in [0.5, 0.6) is 0 Å². The summed E-state index contributed by atoms with van der Waals surface area (Å²) in [7, 11) is 0. The van der Waals surface area contributed by atoms with Gasteiger partial charge in [0.05, 0.1) is 17.2 Å². The number of hydrogen-bond acceptors (Lipinski definition) is 5. The number of H-pyrrole nitrogens is 1. The van der Waals surface area contributed by atoms with Crippen LogP contribution in [0.25, 0.3) is 11.0 Å². The molecule has 0 saturated carbocycles. The van der Waals surface area contributed by atoms with Crippen molar-refractivity contribution in [2.75, 3.05) is 5.32 Å². The van der Waals surface area contributed by atoms with Crippen molar-refractivity contribution < 1.29 is 9.21 Å². The van der Waals surface area contributed by atoms with Gasteiger partial charge in [0.25, 0.3) is 0 Å². The molecule has 3 N–H and O–H groups in total. The molecule has 28 heavy (non-hydrogen) atoms. The van der Waals surface area contributed by atoms with Gasteiger partial charge in [-0.2, -0.15) is 5.10 Å². The Morgan fingerprint density at radius 2 is 1.96 bits per heavy atom. The number of hydrazone groups is 1. The van der Waals surface area contributed by atoms with Gasteiger partial charge in [-0.05, 0) is 60.3 Å². The number of benzene rings is 2. The molecule has 7 nitrogen and oxygen atoms in total. The first kappa shape index (κ1) is 18.3. The number of halogens is 1. The lowest BCUT2D eigenvalue weighted by molar-refractivity contribution is 0.252. The number of hydrogen-bond donors (Lipinski definition) is 3. The number of para-hydroxylation sites is 2. The Balaban J connectivity index is 1.32. The Morgan fingerprint density at radius 1 is 1.14 bits per heavy atom. The maximum atomic E-state index is 11.8. The highest BCUT2D eigenvalue weighted by Gasteiger charge is 2.07. The Morgan fingerprint density at radius 3 is 2.79 bits per heavy atom. The summed E-state index contributed by atoms with van der Waals surface area (Å²) in [5, 5.41) is 7.97. The average molecular weight is 456 g/mol. The fourth-order valence-electron chi connectivity index (χ4n) is 2.38. The minimum Gasteiger partial charge on any atom is -0.448 e. The largest absolute Gasteiger partial charge is 0.448 e. The number of aromatic nitrogens is 2. The van der Waals surface area contributed by atoms with Gasteiger partial charge in [-0.3, -0.25) is 0 Å². The van der Waals surface area contributed by atoms with Gasteiger partial charge in [-0.1, -0.05) is 28.1 Å². The normalized spacial score (nSPS) is 11.2. The van der Waals surface area contributed by atoms with E-state index < -0.39 is 6.03 Å². The number of carbonyl (C=O) groups excluding carboxylic acids is 1. The highest BCUT2D eigenvalue weighted by Crippen LogP contribution is 2.28. The van der Waals surface area contributed by atoms with E-state index in [0.29, 0.717) is 16.5 Å². The summed E-state index contributed by atoms with van der Waals surface area (Å²) >= 11 is 4.72. The van der Waals surface area contributed by atoms with Crippen molar-refractivity contribution in [3.8, 4) is 0 Å². The maximum absolute atomic E-state index is 11.8. The number of aromatic amines is 1. The summed E-state index contributed by atoms with van der Waals surface area (Å²) in [4.78, 5) is 19.5. The number of nitrogens with one attached hydrogen (secondary N) is 3. The quantitative estimate of drug-likeness (QED) is 0.283. The molecule has 2 heterocycles. The zero-order chi connectivity index (χ0) is 19.3. The van der Waals surface area contributed by atoms with Crippen LogP contribution in [0.3, 0.4) is 0 Å². The lowest BCUT2D eigenvalue weighted by atomic mass is 10.3. The van der Waals surface area contributed by atoms with Crippen LogP contribution in [0.15, 0.2) is 84.9 Å². The Kier molecular flexibility index (Phi) is 5.45. The first-order chi connectivity index (χ1) is 13.7. The van der Waals surface area contributed by atoms with Gasteiger partial charge in [0.15, 0.2) is 10.2 Å². The van der Waals surface area contributed by atoms with E-state index in [2.05, 4.69) is 41.7 Å². The van der Waals surface area contributed by atoms with Crippen LogP contribution in [0.1, 0.15) is 5.76 Å². The van der Waals surface area contributed by atoms with E-state index in [1.165, 1.54) is 18.0 Å². The summed E-state index contributed by atoms with van der Waals surface area (Å²) in [6.45, 7) is 0. The van der Waals surface area contributed by atoms with E-state index in [4.69, 9.17) is 4.42 Å². The number of rotatable bonds is 5. The number of nitrogens with zero attached hydrogens (tertiary/aromatic N) is 2. The zero-order valence-corrected chi connectivity index (χ0v) is 16.8. The second kappa shape index (κ2) is 8.32. The molecular weight excluding hydrogens is 442 g/mol. The van der Waals surface area contributed by atoms with Crippen molar-refractivity contribution in [1.29, 1.82) is 0 Å². The third-order valence-electron chi connectivity index (χ3n) is 3.63. The van der Waals surface area contributed by atoms with Gasteiger partial charge < -0.3 is 14.7 Å². The van der Waals surface area contributed by atoms with Gasteiger partial charge in [0, 0.05) is 10.2 Å². The molecule has 140 valence electrons. The van der Waals surface area contributed by atoms with E-state index in [1.54, 1.807) is 18.2 Å². The molecular formula is C19H14BrN5O2S. The van der Waals surface area contributed by atoms with Gasteiger partial charge in [-0.15, -0.1) is 0 Å². The zero-order valence-electron chi connectivity index (χ0n) is 14.3. The van der Waals surface area contributed by atoms with Crippen LogP contribution in [0.2, 0.25) is 0 Å². The molecule has 0 aliphatic rings. The predicted octanol–water partition coefficient (Wildman–Crippen LogP) is 5.23. The number of imidazole rings is 1. The summed E-state index contributed by atoms with van der Waals surface area (Å²) in [5.74, 6) is 0.516. The third-order valence-corrected chi connectivity index (χ3v) is 4.96. The van der Waals surface area contributed by atoms with E-state index in [1.807, 2.05) is 42.5 Å². The number of urea groups is 1. The van der Waals surface area contributed by atoms with E-state index in [0.717, 1.165) is 20.7 Å². The van der Waals surface area contributed by atoms with Gasteiger partial charge in [-0.25, -0.2) is 15.2 Å². The van der Waals surface area contributed by atoms with Crippen LogP contribution >= 0.6 is 27.7 Å². The van der Waals surface area contributed by atoms with Crippen molar-refractivity contribution >= 4 is 56.7 Å². The molecule has 4 aromatic rings. The van der Waals surface area contributed by atoms with E-state index >= 15 is 0 Å². The van der Waals surface area contributed by atoms with Crippen molar-refractivity contribution in [2.45, 2.75) is 10.2 Å². The molecule has 2 amide bonds. The summed E-state index contributed by atoms with van der Waals surface area (Å²) in [5.41, 5.74) is 4.93. The minimum atomic E-state index is -0.443. The molecule has 0 atom stereocenters. The molecule has 0 spiro atoms. The van der Waals surface area contributed by atoms with Crippen LogP contribution < -0.4 is 10.7 Å². The molecule has 0 aliphatic carbocycles. The second-order valence-electron chi connectivity index (χ2n) is 5.65. The molecule has 9 heteroatoms. The average Bonchev–Trinajstić information content (AvgIpc) is 3.30. The number of fused-ring (bicyclic) bond motifs is 1. The lowest BCUT2D eigenvalue weighted by Crippen LogP contribution is -2.24. The highest BCUT2D eigenvalue weighted by molar-refractivity contribution is 9.10. The fraction of sp³-hybridized carbons (Fsp3) is 0. The predicted molar refractivity (Wildman–Crippen MR) is 113 cm³/mol. The van der Waals surface area contributed by atoms with E-state index in [9.17, 15) is 4.79 Å². The van der Waals surface area contributed by atoms with Crippen LogP contribution in [-0.4, -0.2) is 22.2 Å². The van der Waals surface area contributed by atoms with Crippen LogP contribution in [0.4, 0.5) is 10.5 Å². The Hall–Kier alpha value is -3.04. The topological polar surface area (TPSA) is 95.3 Å². The first-order valence-electron chi connectivity index (χ1n) is 8.24. The van der Waals surface area contributed by atoms with E-state index in [-0.39, 0.29) is 0 Å². The number of anilines is 1. The third kappa shape index (κ3) is 4.62. The molecule has 0 unspecified atom stereocenters. The summed E-state index contributed by atoms with van der Waals surface area (Å²) < 4.78 is 6.61. The molecule has 0 bridgehead atoms. The molecule has 0 saturated heterocycles. The molecule has 2 aromatic heterocycles. The highest BCUT2D eigenvalue weighted by atomic mass is 79.9. The molecule has 4 rings (SSSR count). The SMILES string of the molecule is O=C(N/N=C/c1ccc(Sc2nc3ccccc3[nH]2)o1)Nc1ccc(Br)cc1. The van der Waals surface area contributed by atoms with Crippen LogP contribution in [-0.2, 0) is 0 Å². The molecule has 2 aromatic carbocycles. The Bertz CT molecular complexity index is 1100. The minimum absolute atomic E-state index is 0.443. The lowest BCUT2D eigenvalue weighted by Gasteiger charge is -2.03. The van der Waals surface area contributed by atoms with Crippen LogP contribution in [0, 0.1) is 0 Å². The summed E-state index contributed by atoms with van der Waals surface area (Å²) in [6.07, 6.45) is 1.43. The molecule has 0 aliphatic heterocycles. The maximum Gasteiger partial charge on any atom is 0.339 e. The number of carbonyl (C=O) groups is 1. The van der Waals surface area contributed by atoms with Crippen molar-refractivity contribution in [3.05, 3.63) is 70.9 Å². The van der Waals surface area contributed by atoms with Gasteiger partial charge in [0.2, 0.25) is 0 Å². The smallest absolute Gasteiger partial charge is 0.339 e. The molecule has 0 fully saturated rings. The molecule has 0 radical (unpaired) electrons.